The van der Waals surface area contributed by atoms with Crippen molar-refractivity contribution in [1.82, 2.24) is 0 Å². The topological polar surface area (TPSA) is 9.23 Å². The van der Waals surface area contributed by atoms with Crippen LogP contribution in [0.2, 0.25) is 0 Å². The second-order valence-electron chi connectivity index (χ2n) is 8.88. The Morgan fingerprint density at radius 1 is 1.23 bits per heavy atom. The van der Waals surface area contributed by atoms with E-state index in [-0.39, 0.29) is 4.87 Å². The molecule has 0 aromatic heterocycles. The fourth-order valence-corrected chi connectivity index (χ4v) is 8.75. The van der Waals surface area contributed by atoms with Gasteiger partial charge in [-0.2, -0.15) is 0 Å². The van der Waals surface area contributed by atoms with E-state index in [1.54, 1.807) is 3.58 Å². The highest BCUT2D eigenvalue weighted by atomic mass is 127. The summed E-state index contributed by atoms with van der Waals surface area (Å²) in [6.45, 7) is 3.49. The lowest BCUT2D eigenvalue weighted by Gasteiger charge is -2.61. The molecule has 1 saturated heterocycles. The molecule has 122 valence electrons. The average Bonchev–Trinajstić information content (AvgIpc) is 2.89. The quantitative estimate of drug-likeness (QED) is 0.352. The van der Waals surface area contributed by atoms with Gasteiger partial charge in [-0.25, -0.2) is 0 Å². The average molecular weight is 433 g/mol. The summed E-state index contributed by atoms with van der Waals surface area (Å²) >= 11 is 9.93. The van der Waals surface area contributed by atoms with Gasteiger partial charge >= 0.3 is 0 Å². The molecule has 5 rings (SSSR count). The Bertz CT molecular complexity index is 544. The molecular weight excluding hydrogens is 407 g/mol. The van der Waals surface area contributed by atoms with Gasteiger partial charge in [0.2, 0.25) is 0 Å². The van der Waals surface area contributed by atoms with Crippen LogP contribution in [0.15, 0.2) is 9.66 Å². The van der Waals surface area contributed by atoms with Gasteiger partial charge in [0.15, 0.2) is 0 Å². The largest absolute Gasteiger partial charge is 0.376 e. The van der Waals surface area contributed by atoms with Gasteiger partial charge in [0.25, 0.3) is 0 Å². The maximum Gasteiger partial charge on any atom is 0.0788 e. The normalized spacial score (nSPS) is 59.5. The molecule has 7 atom stereocenters. The van der Waals surface area contributed by atoms with E-state index in [1.165, 1.54) is 51.4 Å². The molecule has 0 radical (unpaired) electrons. The minimum absolute atomic E-state index is 0.0284. The maximum absolute atomic E-state index is 7.32. The van der Waals surface area contributed by atoms with E-state index in [9.17, 15) is 0 Å². The number of ether oxygens (including phenoxy) is 1. The van der Waals surface area contributed by atoms with E-state index in [1.807, 2.05) is 0 Å². The van der Waals surface area contributed by atoms with Gasteiger partial charge in [-0.05, 0) is 82.4 Å². The lowest BCUT2D eigenvalue weighted by atomic mass is 9.45. The molecule has 3 heteroatoms. The fraction of sp³-hybridized carbons (Fsp3) is 0.895. The van der Waals surface area contributed by atoms with Crippen LogP contribution in [0.25, 0.3) is 0 Å². The Kier molecular flexibility index (Phi) is 3.18. The number of fused-ring (bicyclic) bond motifs is 3. The number of allylic oxidation sites excluding steroid dienone is 2. The van der Waals surface area contributed by atoms with E-state index in [0.29, 0.717) is 16.9 Å². The summed E-state index contributed by atoms with van der Waals surface area (Å²) in [6.07, 6.45) is 13.3. The molecule has 4 fully saturated rings. The van der Waals surface area contributed by atoms with E-state index in [2.05, 4.69) is 35.6 Å². The summed E-state index contributed by atoms with van der Waals surface area (Å²) in [5.74, 6) is 2.51. The first-order valence-electron chi connectivity index (χ1n) is 9.18. The van der Waals surface area contributed by atoms with Crippen LogP contribution in [0.1, 0.15) is 58.3 Å². The van der Waals surface area contributed by atoms with Gasteiger partial charge in [0, 0.05) is 10.8 Å². The first-order valence-corrected chi connectivity index (χ1v) is 10.6. The van der Waals surface area contributed by atoms with Crippen molar-refractivity contribution in [2.45, 2.75) is 69.3 Å². The van der Waals surface area contributed by atoms with E-state index < -0.39 is 0 Å². The monoisotopic (exact) mass is 432 g/mol. The van der Waals surface area contributed by atoms with Gasteiger partial charge in [0.05, 0.1) is 17.6 Å². The smallest absolute Gasteiger partial charge is 0.0788 e. The van der Waals surface area contributed by atoms with Crippen molar-refractivity contribution in [2.24, 2.45) is 28.6 Å². The summed E-state index contributed by atoms with van der Waals surface area (Å²) in [6, 6.07) is 0. The van der Waals surface area contributed by atoms with E-state index in [0.717, 1.165) is 24.4 Å². The van der Waals surface area contributed by atoms with Crippen LogP contribution < -0.4 is 0 Å². The lowest BCUT2D eigenvalue weighted by molar-refractivity contribution is -0.0751. The van der Waals surface area contributed by atoms with Gasteiger partial charge in [0.1, 0.15) is 0 Å². The Morgan fingerprint density at radius 3 is 2.91 bits per heavy atom. The van der Waals surface area contributed by atoms with Gasteiger partial charge in [-0.3, -0.25) is 0 Å². The van der Waals surface area contributed by atoms with Crippen molar-refractivity contribution in [1.29, 1.82) is 0 Å². The second-order valence-corrected chi connectivity index (χ2v) is 10.7. The second kappa shape index (κ2) is 4.66. The first kappa shape index (κ1) is 15.0. The summed E-state index contributed by atoms with van der Waals surface area (Å²) in [5.41, 5.74) is 0.758. The highest BCUT2D eigenvalue weighted by Crippen LogP contribution is 2.72. The standard InChI is InChI=1S/C19H26ClIO/c1-17-9-6-14-12(13(17)4-5-15(17)21)10-16-19(20)8-3-2-7-18(14,19)11-22-16/h5,12-14,16H,2-4,6-11H2,1H3/t12-,13-,14+,16?,17-,18-,19?/m0/s1. The Morgan fingerprint density at radius 2 is 2.05 bits per heavy atom. The Balaban J connectivity index is 1.57. The molecule has 3 saturated carbocycles. The highest BCUT2D eigenvalue weighted by Gasteiger charge is 2.71. The molecule has 2 bridgehead atoms. The lowest BCUT2D eigenvalue weighted by Crippen LogP contribution is -2.62. The molecule has 22 heavy (non-hydrogen) atoms. The third-order valence-corrected chi connectivity index (χ3v) is 10.9. The van der Waals surface area contributed by atoms with Crippen molar-refractivity contribution in [2.75, 3.05) is 6.61 Å². The minimum Gasteiger partial charge on any atom is -0.376 e. The summed E-state index contributed by atoms with van der Waals surface area (Å²) in [4.78, 5) is -0.0284. The molecule has 0 aromatic rings. The molecule has 0 spiro atoms. The van der Waals surface area contributed by atoms with Crippen LogP contribution in [0.4, 0.5) is 0 Å². The van der Waals surface area contributed by atoms with Gasteiger partial charge in [-0.1, -0.05) is 25.8 Å². The highest BCUT2D eigenvalue weighted by molar-refractivity contribution is 14.1. The number of alkyl halides is 1. The van der Waals surface area contributed by atoms with Crippen molar-refractivity contribution >= 4 is 34.2 Å². The number of rotatable bonds is 0. The SMILES string of the molecule is C[C@]12CC[C@@H]3[C@@H](CC4OC[C@@]35CCCCC45Cl)[C@@H]1CC=C2I. The molecule has 2 unspecified atom stereocenters. The van der Waals surface area contributed by atoms with Crippen molar-refractivity contribution in [3.63, 3.8) is 0 Å². The third kappa shape index (κ3) is 1.57. The van der Waals surface area contributed by atoms with Gasteiger partial charge in [-0.15, -0.1) is 11.6 Å². The summed E-state index contributed by atoms with van der Waals surface area (Å²) in [5, 5.41) is 0. The minimum atomic E-state index is -0.0284. The van der Waals surface area contributed by atoms with Crippen molar-refractivity contribution in [3.05, 3.63) is 9.66 Å². The van der Waals surface area contributed by atoms with Crippen LogP contribution >= 0.6 is 34.2 Å². The molecule has 0 N–H and O–H groups in total. The number of halogens is 2. The van der Waals surface area contributed by atoms with E-state index >= 15 is 0 Å². The fourth-order valence-electron chi connectivity index (χ4n) is 7.25. The molecular formula is C19H26ClIO. The predicted octanol–water partition coefficient (Wildman–Crippen LogP) is 5.70. The first-order chi connectivity index (χ1) is 10.5. The predicted molar refractivity (Wildman–Crippen MR) is 98.4 cm³/mol. The van der Waals surface area contributed by atoms with Crippen LogP contribution in [0.5, 0.6) is 0 Å². The Hall–Kier alpha value is 0.720. The van der Waals surface area contributed by atoms with Crippen LogP contribution in [0.3, 0.4) is 0 Å². The summed E-state index contributed by atoms with van der Waals surface area (Å²) in [7, 11) is 0. The van der Waals surface area contributed by atoms with Crippen LogP contribution in [-0.4, -0.2) is 17.6 Å². The van der Waals surface area contributed by atoms with Crippen molar-refractivity contribution in [3.8, 4) is 0 Å². The molecule has 0 aromatic carbocycles. The molecule has 1 aliphatic heterocycles. The molecule has 4 aliphatic carbocycles. The molecule has 1 heterocycles. The zero-order valence-corrected chi connectivity index (χ0v) is 16.3. The zero-order chi connectivity index (χ0) is 15.2. The zero-order valence-electron chi connectivity index (χ0n) is 13.4. The third-order valence-electron chi connectivity index (χ3n) is 8.41. The Labute approximate surface area is 152 Å². The molecule has 5 aliphatic rings. The van der Waals surface area contributed by atoms with Crippen LogP contribution in [0, 0.1) is 28.6 Å². The molecule has 1 nitrogen and oxygen atoms in total. The van der Waals surface area contributed by atoms with Gasteiger partial charge < -0.3 is 4.74 Å². The summed E-state index contributed by atoms with van der Waals surface area (Å²) < 4.78 is 8.00. The molecule has 0 amide bonds. The van der Waals surface area contributed by atoms with E-state index in [4.69, 9.17) is 16.3 Å². The maximum atomic E-state index is 7.32. The van der Waals surface area contributed by atoms with Crippen LogP contribution in [-0.2, 0) is 4.74 Å². The number of hydrogen-bond donors (Lipinski definition) is 0. The number of hydrogen-bond acceptors (Lipinski definition) is 1. The van der Waals surface area contributed by atoms with Crippen molar-refractivity contribution < 1.29 is 4.74 Å².